The molecule has 1 aromatic carbocycles. The van der Waals surface area contributed by atoms with Gasteiger partial charge in [0.15, 0.2) is 4.32 Å². The van der Waals surface area contributed by atoms with Gasteiger partial charge in [-0.1, -0.05) is 36.1 Å². The molecule has 4 nitrogen and oxygen atoms in total. The van der Waals surface area contributed by atoms with Gasteiger partial charge < -0.3 is 9.15 Å². The van der Waals surface area contributed by atoms with E-state index in [0.29, 0.717) is 26.4 Å². The standard InChI is InChI=1S/C16H13NO3S2/c1-10-7-8-11(20-10)9-14-15(18)17(16(21)22-14)12-5-3-4-6-13(12)19-2/h3-9H,1-2H3. The Morgan fingerprint density at radius 3 is 2.73 bits per heavy atom. The van der Waals surface area contributed by atoms with Gasteiger partial charge in [0.1, 0.15) is 17.3 Å². The van der Waals surface area contributed by atoms with Crippen molar-refractivity contribution in [2.45, 2.75) is 6.92 Å². The Kier molecular flexibility index (Phi) is 4.04. The molecule has 1 fully saturated rings. The summed E-state index contributed by atoms with van der Waals surface area (Å²) in [5.74, 6) is 1.87. The Hall–Kier alpha value is -2.05. The van der Waals surface area contributed by atoms with E-state index >= 15 is 0 Å². The molecule has 112 valence electrons. The van der Waals surface area contributed by atoms with E-state index in [1.54, 1.807) is 19.3 Å². The molecule has 1 aliphatic heterocycles. The Bertz CT molecular complexity index is 779. The molecule has 1 aromatic heterocycles. The van der Waals surface area contributed by atoms with Crippen molar-refractivity contribution in [1.82, 2.24) is 0 Å². The summed E-state index contributed by atoms with van der Waals surface area (Å²) >= 11 is 6.60. The zero-order chi connectivity index (χ0) is 15.7. The summed E-state index contributed by atoms with van der Waals surface area (Å²) in [6.07, 6.45) is 1.71. The average molecular weight is 331 g/mol. The molecule has 6 heteroatoms. The third kappa shape index (κ3) is 2.67. The number of furan rings is 1. The molecule has 0 atom stereocenters. The maximum Gasteiger partial charge on any atom is 0.271 e. The molecule has 0 saturated carbocycles. The Morgan fingerprint density at radius 1 is 1.27 bits per heavy atom. The third-order valence-corrected chi connectivity index (χ3v) is 4.46. The van der Waals surface area contributed by atoms with Crippen LogP contribution >= 0.6 is 24.0 Å². The minimum absolute atomic E-state index is 0.173. The lowest BCUT2D eigenvalue weighted by atomic mass is 10.2. The number of thioether (sulfide) groups is 1. The highest BCUT2D eigenvalue weighted by Crippen LogP contribution is 2.39. The number of carbonyl (C=O) groups is 1. The SMILES string of the molecule is COc1ccccc1N1C(=O)C(=Cc2ccc(C)o2)SC1=S. The smallest absolute Gasteiger partial charge is 0.271 e. The van der Waals surface area contributed by atoms with Gasteiger partial charge in [-0.05, 0) is 31.2 Å². The molecular formula is C16H13NO3S2. The number of para-hydroxylation sites is 2. The lowest BCUT2D eigenvalue weighted by molar-refractivity contribution is -0.113. The van der Waals surface area contributed by atoms with Gasteiger partial charge in [-0.25, -0.2) is 0 Å². The lowest BCUT2D eigenvalue weighted by Crippen LogP contribution is -2.27. The number of carbonyl (C=O) groups excluding carboxylic acids is 1. The fraction of sp³-hybridized carbons (Fsp3) is 0.125. The minimum atomic E-state index is -0.173. The summed E-state index contributed by atoms with van der Waals surface area (Å²) in [6.45, 7) is 1.86. The first-order chi connectivity index (χ1) is 10.6. The largest absolute Gasteiger partial charge is 0.495 e. The Morgan fingerprint density at radius 2 is 2.05 bits per heavy atom. The molecule has 3 rings (SSSR count). The zero-order valence-electron chi connectivity index (χ0n) is 12.0. The highest BCUT2D eigenvalue weighted by Gasteiger charge is 2.35. The van der Waals surface area contributed by atoms with Crippen LogP contribution in [0.4, 0.5) is 5.69 Å². The molecule has 1 saturated heterocycles. The molecule has 1 amide bonds. The number of nitrogens with zero attached hydrogens (tertiary/aromatic N) is 1. The van der Waals surface area contributed by atoms with Crippen molar-refractivity contribution in [2.24, 2.45) is 0 Å². The van der Waals surface area contributed by atoms with Crippen LogP contribution in [0.25, 0.3) is 6.08 Å². The van der Waals surface area contributed by atoms with E-state index in [-0.39, 0.29) is 5.91 Å². The fourth-order valence-electron chi connectivity index (χ4n) is 2.15. The van der Waals surface area contributed by atoms with Crippen LogP contribution in [0.15, 0.2) is 45.7 Å². The van der Waals surface area contributed by atoms with Crippen LogP contribution in [0.3, 0.4) is 0 Å². The van der Waals surface area contributed by atoms with Crippen molar-refractivity contribution in [3.8, 4) is 5.75 Å². The van der Waals surface area contributed by atoms with E-state index in [0.717, 1.165) is 5.76 Å². The van der Waals surface area contributed by atoms with Crippen molar-refractivity contribution in [1.29, 1.82) is 0 Å². The molecular weight excluding hydrogens is 318 g/mol. The molecule has 2 aromatic rings. The molecule has 2 heterocycles. The summed E-state index contributed by atoms with van der Waals surface area (Å²) < 4.78 is 11.3. The van der Waals surface area contributed by atoms with Crippen LogP contribution in [0, 0.1) is 6.92 Å². The van der Waals surface area contributed by atoms with Gasteiger partial charge >= 0.3 is 0 Å². The predicted molar refractivity (Wildman–Crippen MR) is 92.1 cm³/mol. The van der Waals surface area contributed by atoms with Gasteiger partial charge in [-0.15, -0.1) is 0 Å². The van der Waals surface area contributed by atoms with Crippen molar-refractivity contribution >= 4 is 46.0 Å². The van der Waals surface area contributed by atoms with Gasteiger partial charge in [0.05, 0.1) is 17.7 Å². The molecule has 0 radical (unpaired) electrons. The fourth-order valence-corrected chi connectivity index (χ4v) is 3.42. The van der Waals surface area contributed by atoms with E-state index in [9.17, 15) is 4.79 Å². The number of ether oxygens (including phenoxy) is 1. The monoisotopic (exact) mass is 331 g/mol. The van der Waals surface area contributed by atoms with Gasteiger partial charge in [-0.3, -0.25) is 9.69 Å². The van der Waals surface area contributed by atoms with E-state index in [1.807, 2.05) is 37.3 Å². The first-order valence-electron chi connectivity index (χ1n) is 6.57. The van der Waals surface area contributed by atoms with Crippen molar-refractivity contribution in [2.75, 3.05) is 12.0 Å². The van der Waals surface area contributed by atoms with Crippen molar-refractivity contribution < 1.29 is 13.9 Å². The molecule has 0 unspecified atom stereocenters. The maximum absolute atomic E-state index is 12.6. The molecule has 0 aliphatic carbocycles. The number of aryl methyl sites for hydroxylation is 1. The van der Waals surface area contributed by atoms with E-state index < -0.39 is 0 Å². The topological polar surface area (TPSA) is 42.7 Å². The first kappa shape index (κ1) is 14.9. The van der Waals surface area contributed by atoms with Crippen LogP contribution in [0.1, 0.15) is 11.5 Å². The number of thiocarbonyl (C=S) groups is 1. The van der Waals surface area contributed by atoms with E-state index in [2.05, 4.69) is 0 Å². The van der Waals surface area contributed by atoms with Crippen LogP contribution in [-0.2, 0) is 4.79 Å². The third-order valence-electron chi connectivity index (χ3n) is 3.15. The first-order valence-corrected chi connectivity index (χ1v) is 7.80. The van der Waals surface area contributed by atoms with Crippen molar-refractivity contribution in [3.05, 3.63) is 52.8 Å². The number of amides is 1. The Balaban J connectivity index is 1.97. The number of benzene rings is 1. The van der Waals surface area contributed by atoms with Crippen LogP contribution in [-0.4, -0.2) is 17.3 Å². The molecule has 0 spiro atoms. The van der Waals surface area contributed by atoms with Crippen LogP contribution < -0.4 is 9.64 Å². The van der Waals surface area contributed by atoms with Crippen molar-refractivity contribution in [3.63, 3.8) is 0 Å². The highest BCUT2D eigenvalue weighted by molar-refractivity contribution is 8.27. The summed E-state index contributed by atoms with van der Waals surface area (Å²) in [5.41, 5.74) is 0.645. The minimum Gasteiger partial charge on any atom is -0.495 e. The second-order valence-electron chi connectivity index (χ2n) is 4.64. The number of methoxy groups -OCH3 is 1. The molecule has 22 heavy (non-hydrogen) atoms. The number of anilines is 1. The maximum atomic E-state index is 12.6. The highest BCUT2D eigenvalue weighted by atomic mass is 32.2. The van der Waals surface area contributed by atoms with Crippen LogP contribution in [0.2, 0.25) is 0 Å². The number of rotatable bonds is 3. The predicted octanol–water partition coefficient (Wildman–Crippen LogP) is 4.00. The van der Waals surface area contributed by atoms with Gasteiger partial charge in [0.25, 0.3) is 5.91 Å². The summed E-state index contributed by atoms with van der Waals surface area (Å²) in [5, 5.41) is 0. The summed E-state index contributed by atoms with van der Waals surface area (Å²) in [7, 11) is 1.57. The number of hydrogen-bond acceptors (Lipinski definition) is 5. The molecule has 0 N–H and O–H groups in total. The lowest BCUT2D eigenvalue weighted by Gasteiger charge is -2.17. The van der Waals surface area contributed by atoms with Gasteiger partial charge in [-0.2, -0.15) is 0 Å². The van der Waals surface area contributed by atoms with Crippen LogP contribution in [0.5, 0.6) is 5.75 Å². The summed E-state index contributed by atoms with van der Waals surface area (Å²) in [4.78, 5) is 14.7. The quantitative estimate of drug-likeness (QED) is 0.628. The Labute approximate surface area is 137 Å². The molecule has 1 aliphatic rings. The normalized spacial score (nSPS) is 16.6. The number of hydrogen-bond donors (Lipinski definition) is 0. The van der Waals surface area contributed by atoms with E-state index in [4.69, 9.17) is 21.4 Å². The average Bonchev–Trinajstić information content (AvgIpc) is 3.03. The summed E-state index contributed by atoms with van der Waals surface area (Å²) in [6, 6.07) is 11.0. The molecule has 0 bridgehead atoms. The van der Waals surface area contributed by atoms with E-state index in [1.165, 1.54) is 16.7 Å². The zero-order valence-corrected chi connectivity index (χ0v) is 13.7. The second-order valence-corrected chi connectivity index (χ2v) is 6.31. The van der Waals surface area contributed by atoms with Gasteiger partial charge in [0, 0.05) is 6.08 Å². The van der Waals surface area contributed by atoms with Gasteiger partial charge in [0.2, 0.25) is 0 Å². The second kappa shape index (κ2) is 5.98.